The van der Waals surface area contributed by atoms with E-state index in [1.807, 2.05) is 47.0 Å². The summed E-state index contributed by atoms with van der Waals surface area (Å²) in [6.45, 7) is 6.50. The predicted octanol–water partition coefficient (Wildman–Crippen LogP) is 3.87. The van der Waals surface area contributed by atoms with E-state index in [0.29, 0.717) is 6.54 Å². The average Bonchev–Trinajstić information content (AvgIpc) is 2.97. The van der Waals surface area contributed by atoms with Crippen LogP contribution in [0.25, 0.3) is 10.2 Å². The maximum atomic E-state index is 12.7. The van der Waals surface area contributed by atoms with Gasteiger partial charge in [0.15, 0.2) is 0 Å². The number of carbonyl (C=O) groups excluding carboxylic acids is 1. The number of nitrogens with zero attached hydrogens (tertiary/aromatic N) is 3. The van der Waals surface area contributed by atoms with Crippen molar-refractivity contribution in [1.82, 2.24) is 15.3 Å². The van der Waals surface area contributed by atoms with E-state index in [-0.39, 0.29) is 5.91 Å². The van der Waals surface area contributed by atoms with Crippen molar-refractivity contribution in [2.75, 3.05) is 19.0 Å². The standard InChI is InChI=1S/C20H24N4OS/c1-6-16-22-13(3)17-12(2)18(26-20(17)23-16)19(25)21-11-14-7-9-15(10-8-14)24(4)5/h7-10H,6,11H2,1-5H3,(H,21,25). The Morgan fingerprint density at radius 1 is 1.15 bits per heavy atom. The first-order valence-electron chi connectivity index (χ1n) is 8.71. The van der Waals surface area contributed by atoms with Crippen molar-refractivity contribution >= 4 is 33.1 Å². The van der Waals surface area contributed by atoms with E-state index < -0.39 is 0 Å². The van der Waals surface area contributed by atoms with Crippen LogP contribution in [0.3, 0.4) is 0 Å². The lowest BCUT2D eigenvalue weighted by atomic mass is 10.1. The van der Waals surface area contributed by atoms with Crippen LogP contribution in [-0.4, -0.2) is 30.0 Å². The van der Waals surface area contributed by atoms with Gasteiger partial charge in [-0.1, -0.05) is 19.1 Å². The van der Waals surface area contributed by atoms with Gasteiger partial charge in [-0.3, -0.25) is 4.79 Å². The zero-order valence-electron chi connectivity index (χ0n) is 15.9. The average molecular weight is 369 g/mol. The number of hydrogen-bond donors (Lipinski definition) is 1. The minimum Gasteiger partial charge on any atom is -0.378 e. The summed E-state index contributed by atoms with van der Waals surface area (Å²) in [5.74, 6) is 0.767. The first kappa shape index (κ1) is 18.3. The van der Waals surface area contributed by atoms with Crippen molar-refractivity contribution in [3.8, 4) is 0 Å². The molecule has 0 unspecified atom stereocenters. The molecule has 2 aromatic heterocycles. The van der Waals surface area contributed by atoms with E-state index in [2.05, 4.69) is 32.3 Å². The van der Waals surface area contributed by atoms with E-state index in [1.165, 1.54) is 11.3 Å². The topological polar surface area (TPSA) is 58.1 Å². The number of benzene rings is 1. The van der Waals surface area contributed by atoms with Crippen LogP contribution in [0.4, 0.5) is 5.69 Å². The van der Waals surface area contributed by atoms with Gasteiger partial charge < -0.3 is 10.2 Å². The lowest BCUT2D eigenvalue weighted by Gasteiger charge is -2.12. The van der Waals surface area contributed by atoms with Crippen LogP contribution >= 0.6 is 11.3 Å². The minimum atomic E-state index is -0.0559. The summed E-state index contributed by atoms with van der Waals surface area (Å²) < 4.78 is 0. The first-order valence-corrected chi connectivity index (χ1v) is 9.53. The molecule has 0 radical (unpaired) electrons. The van der Waals surface area contributed by atoms with Crippen molar-refractivity contribution < 1.29 is 4.79 Å². The number of aromatic nitrogens is 2. The zero-order chi connectivity index (χ0) is 18.8. The molecule has 26 heavy (non-hydrogen) atoms. The van der Waals surface area contributed by atoms with Crippen molar-refractivity contribution in [2.45, 2.75) is 33.7 Å². The smallest absolute Gasteiger partial charge is 0.261 e. The Kier molecular flexibility index (Phi) is 5.23. The quantitative estimate of drug-likeness (QED) is 0.743. The van der Waals surface area contributed by atoms with E-state index in [1.54, 1.807) is 0 Å². The first-order chi connectivity index (χ1) is 12.4. The lowest BCUT2D eigenvalue weighted by molar-refractivity contribution is 0.0954. The maximum Gasteiger partial charge on any atom is 0.261 e. The Morgan fingerprint density at radius 3 is 2.46 bits per heavy atom. The van der Waals surface area contributed by atoms with E-state index in [9.17, 15) is 4.79 Å². The summed E-state index contributed by atoms with van der Waals surface area (Å²) in [5, 5.41) is 4.03. The number of anilines is 1. The molecule has 0 spiro atoms. The Bertz CT molecular complexity index is 945. The molecule has 1 N–H and O–H groups in total. The SMILES string of the molecule is CCc1nc(C)c2c(C)c(C(=O)NCc3ccc(N(C)C)cc3)sc2n1. The Labute approximate surface area is 158 Å². The Hall–Kier alpha value is -2.47. The number of fused-ring (bicyclic) bond motifs is 1. The summed E-state index contributed by atoms with van der Waals surface area (Å²) in [5.41, 5.74) is 4.12. The van der Waals surface area contributed by atoms with E-state index in [4.69, 9.17) is 0 Å². The molecule has 136 valence electrons. The van der Waals surface area contributed by atoms with Crippen LogP contribution in [-0.2, 0) is 13.0 Å². The van der Waals surface area contributed by atoms with Gasteiger partial charge in [0.1, 0.15) is 10.7 Å². The number of amides is 1. The van der Waals surface area contributed by atoms with Crippen LogP contribution in [0.1, 0.15) is 39.2 Å². The fourth-order valence-corrected chi connectivity index (χ4v) is 4.11. The molecule has 0 bridgehead atoms. The number of rotatable bonds is 5. The summed E-state index contributed by atoms with van der Waals surface area (Å²) in [6, 6.07) is 8.18. The fourth-order valence-electron chi connectivity index (χ4n) is 2.94. The molecule has 0 saturated heterocycles. The molecule has 3 aromatic rings. The highest BCUT2D eigenvalue weighted by Crippen LogP contribution is 2.31. The second-order valence-corrected chi connectivity index (χ2v) is 7.56. The van der Waals surface area contributed by atoms with Crippen LogP contribution in [0, 0.1) is 13.8 Å². The molecule has 0 atom stereocenters. The van der Waals surface area contributed by atoms with Crippen LogP contribution in [0.2, 0.25) is 0 Å². The molecule has 6 heteroatoms. The summed E-state index contributed by atoms with van der Waals surface area (Å²) in [4.78, 5) is 25.5. The summed E-state index contributed by atoms with van der Waals surface area (Å²) >= 11 is 1.45. The third-order valence-electron chi connectivity index (χ3n) is 4.45. The van der Waals surface area contributed by atoms with Gasteiger partial charge >= 0.3 is 0 Å². The van der Waals surface area contributed by atoms with Crippen LogP contribution in [0.15, 0.2) is 24.3 Å². The van der Waals surface area contributed by atoms with Gasteiger partial charge in [0, 0.05) is 43.8 Å². The van der Waals surface area contributed by atoms with Gasteiger partial charge in [0.25, 0.3) is 5.91 Å². The van der Waals surface area contributed by atoms with Gasteiger partial charge in [-0.25, -0.2) is 9.97 Å². The molecule has 0 saturated carbocycles. The summed E-state index contributed by atoms with van der Waals surface area (Å²) in [7, 11) is 4.02. The highest BCUT2D eigenvalue weighted by molar-refractivity contribution is 7.20. The predicted molar refractivity (Wildman–Crippen MR) is 108 cm³/mol. The zero-order valence-corrected chi connectivity index (χ0v) is 16.7. The molecular weight excluding hydrogens is 344 g/mol. The van der Waals surface area contributed by atoms with Crippen LogP contribution < -0.4 is 10.2 Å². The molecule has 3 rings (SSSR count). The van der Waals surface area contributed by atoms with Crippen molar-refractivity contribution in [3.63, 3.8) is 0 Å². The van der Waals surface area contributed by atoms with Crippen LogP contribution in [0.5, 0.6) is 0 Å². The van der Waals surface area contributed by atoms with Crippen molar-refractivity contribution in [3.05, 3.63) is 51.8 Å². The number of thiophene rings is 1. The molecule has 0 aliphatic rings. The highest BCUT2D eigenvalue weighted by Gasteiger charge is 2.18. The van der Waals surface area contributed by atoms with Gasteiger partial charge in [0.05, 0.1) is 4.88 Å². The van der Waals surface area contributed by atoms with E-state index in [0.717, 1.165) is 49.8 Å². The number of hydrogen-bond acceptors (Lipinski definition) is 5. The fraction of sp³-hybridized carbons (Fsp3) is 0.350. The van der Waals surface area contributed by atoms with Crippen molar-refractivity contribution in [1.29, 1.82) is 0 Å². The monoisotopic (exact) mass is 368 g/mol. The molecule has 2 heterocycles. The minimum absolute atomic E-state index is 0.0559. The van der Waals surface area contributed by atoms with Gasteiger partial charge in [-0.2, -0.15) is 0 Å². The molecular formula is C20H24N4OS. The highest BCUT2D eigenvalue weighted by atomic mass is 32.1. The number of nitrogens with one attached hydrogen (secondary N) is 1. The molecule has 0 fully saturated rings. The summed E-state index contributed by atoms with van der Waals surface area (Å²) in [6.07, 6.45) is 0.790. The molecule has 1 amide bonds. The molecule has 0 aliphatic carbocycles. The Balaban J connectivity index is 1.79. The molecule has 5 nitrogen and oxygen atoms in total. The third-order valence-corrected chi connectivity index (χ3v) is 5.63. The second-order valence-electron chi connectivity index (χ2n) is 6.56. The Morgan fingerprint density at radius 2 is 1.85 bits per heavy atom. The normalized spacial score (nSPS) is 11.0. The second kappa shape index (κ2) is 7.41. The van der Waals surface area contributed by atoms with Gasteiger partial charge in [-0.05, 0) is 37.1 Å². The van der Waals surface area contributed by atoms with Gasteiger partial charge in [-0.15, -0.1) is 11.3 Å². The lowest BCUT2D eigenvalue weighted by Crippen LogP contribution is -2.22. The molecule has 0 aliphatic heterocycles. The van der Waals surface area contributed by atoms with Gasteiger partial charge in [0.2, 0.25) is 0 Å². The van der Waals surface area contributed by atoms with Crippen molar-refractivity contribution in [2.24, 2.45) is 0 Å². The number of carbonyl (C=O) groups is 1. The molecule has 1 aromatic carbocycles. The largest absolute Gasteiger partial charge is 0.378 e. The van der Waals surface area contributed by atoms with E-state index >= 15 is 0 Å². The maximum absolute atomic E-state index is 12.7. The third kappa shape index (κ3) is 3.55. The number of aryl methyl sites for hydroxylation is 3.